The summed E-state index contributed by atoms with van der Waals surface area (Å²) in [5, 5.41) is 12.1. The van der Waals surface area contributed by atoms with Gasteiger partial charge in [-0.3, -0.25) is 4.79 Å². The van der Waals surface area contributed by atoms with Crippen molar-refractivity contribution in [1.29, 1.82) is 0 Å². The molecule has 0 aliphatic rings. The number of thioether (sulfide) groups is 1. The second-order valence-electron chi connectivity index (χ2n) is 6.05. The van der Waals surface area contributed by atoms with E-state index in [1.54, 1.807) is 0 Å². The molecule has 0 bridgehead atoms. The van der Waals surface area contributed by atoms with Gasteiger partial charge in [-0.1, -0.05) is 61.2 Å². The first kappa shape index (κ1) is 18.2. The van der Waals surface area contributed by atoms with Crippen molar-refractivity contribution < 1.29 is 4.79 Å². The molecule has 1 N–H and O–H groups in total. The Balaban J connectivity index is 1.77. The van der Waals surface area contributed by atoms with Gasteiger partial charge in [0.2, 0.25) is 5.91 Å². The minimum atomic E-state index is -0.233. The standard InChI is InChI=1S/C20H22N4OS/c1-4-17(19(25)21-15-11-6-5-7-12-15)26-20-23-22-18(24(20)3)16-13-9-8-10-14(16)2/h5-13,17H,4H2,1-3H3,(H,21,25)/t17-/m1/s1. The molecule has 6 heteroatoms. The first-order valence-corrected chi connectivity index (χ1v) is 9.46. The largest absolute Gasteiger partial charge is 0.325 e. The number of carbonyl (C=O) groups is 1. The third-order valence-electron chi connectivity index (χ3n) is 4.17. The Morgan fingerprint density at radius 2 is 1.81 bits per heavy atom. The van der Waals surface area contributed by atoms with E-state index in [9.17, 15) is 4.79 Å². The predicted molar refractivity (Wildman–Crippen MR) is 106 cm³/mol. The first-order valence-electron chi connectivity index (χ1n) is 8.58. The molecule has 2 aromatic carbocycles. The van der Waals surface area contributed by atoms with E-state index in [2.05, 4.69) is 28.5 Å². The normalized spacial score (nSPS) is 12.0. The highest BCUT2D eigenvalue weighted by molar-refractivity contribution is 8.00. The molecule has 3 rings (SSSR count). The predicted octanol–water partition coefficient (Wildman–Crippen LogP) is 4.30. The highest BCUT2D eigenvalue weighted by Gasteiger charge is 2.22. The van der Waals surface area contributed by atoms with Crippen molar-refractivity contribution in [3.05, 3.63) is 60.2 Å². The SMILES string of the molecule is CC[C@@H](Sc1nnc(-c2ccccc2C)n1C)C(=O)Nc1ccccc1. The third kappa shape index (κ3) is 3.96. The van der Waals surface area contributed by atoms with E-state index in [1.807, 2.05) is 67.1 Å². The van der Waals surface area contributed by atoms with Gasteiger partial charge in [0.05, 0.1) is 5.25 Å². The summed E-state index contributed by atoms with van der Waals surface area (Å²) in [6, 6.07) is 17.6. The lowest BCUT2D eigenvalue weighted by Crippen LogP contribution is -2.25. The number of hydrogen-bond acceptors (Lipinski definition) is 4. The van der Waals surface area contributed by atoms with Gasteiger partial charge < -0.3 is 9.88 Å². The van der Waals surface area contributed by atoms with Crippen LogP contribution in [0.5, 0.6) is 0 Å². The minimum absolute atomic E-state index is 0.0239. The van der Waals surface area contributed by atoms with Crippen molar-refractivity contribution >= 4 is 23.4 Å². The quantitative estimate of drug-likeness (QED) is 0.661. The fraction of sp³-hybridized carbons (Fsp3) is 0.250. The van der Waals surface area contributed by atoms with Crippen molar-refractivity contribution in [3.63, 3.8) is 0 Å². The molecule has 0 saturated heterocycles. The Bertz CT molecular complexity index is 892. The first-order chi connectivity index (χ1) is 12.6. The fourth-order valence-corrected chi connectivity index (χ4v) is 3.59. The number of benzene rings is 2. The summed E-state index contributed by atoms with van der Waals surface area (Å²) >= 11 is 1.44. The Kier molecular flexibility index (Phi) is 5.73. The lowest BCUT2D eigenvalue weighted by molar-refractivity contribution is -0.115. The van der Waals surface area contributed by atoms with E-state index < -0.39 is 0 Å². The molecule has 0 unspecified atom stereocenters. The zero-order valence-electron chi connectivity index (χ0n) is 15.1. The van der Waals surface area contributed by atoms with E-state index >= 15 is 0 Å². The summed E-state index contributed by atoms with van der Waals surface area (Å²) in [6.45, 7) is 4.06. The molecule has 1 amide bonds. The summed E-state index contributed by atoms with van der Waals surface area (Å²) in [5.74, 6) is 0.785. The van der Waals surface area contributed by atoms with E-state index in [1.165, 1.54) is 11.8 Å². The van der Waals surface area contributed by atoms with E-state index in [0.717, 1.165) is 27.8 Å². The molecular weight excluding hydrogens is 344 g/mol. The highest BCUT2D eigenvalue weighted by atomic mass is 32.2. The Morgan fingerprint density at radius 1 is 1.12 bits per heavy atom. The Morgan fingerprint density at radius 3 is 2.50 bits per heavy atom. The highest BCUT2D eigenvalue weighted by Crippen LogP contribution is 2.29. The number of anilines is 1. The van der Waals surface area contributed by atoms with Crippen LogP contribution in [-0.2, 0) is 11.8 Å². The summed E-state index contributed by atoms with van der Waals surface area (Å²) in [6.07, 6.45) is 0.704. The summed E-state index contributed by atoms with van der Waals surface area (Å²) in [7, 11) is 1.94. The molecule has 26 heavy (non-hydrogen) atoms. The van der Waals surface area contributed by atoms with Crippen LogP contribution in [0.4, 0.5) is 5.69 Å². The van der Waals surface area contributed by atoms with Crippen LogP contribution in [-0.4, -0.2) is 25.9 Å². The number of nitrogens with one attached hydrogen (secondary N) is 1. The number of aryl methyl sites for hydroxylation is 1. The Labute approximate surface area is 157 Å². The van der Waals surface area contributed by atoms with Gasteiger partial charge in [-0.15, -0.1) is 10.2 Å². The van der Waals surface area contributed by atoms with E-state index in [0.29, 0.717) is 6.42 Å². The Hall–Kier alpha value is -2.60. The lowest BCUT2D eigenvalue weighted by Gasteiger charge is -2.14. The van der Waals surface area contributed by atoms with Crippen LogP contribution in [0.2, 0.25) is 0 Å². The zero-order valence-corrected chi connectivity index (χ0v) is 16.0. The van der Waals surface area contributed by atoms with E-state index in [-0.39, 0.29) is 11.2 Å². The average Bonchev–Trinajstić information content (AvgIpc) is 3.01. The molecule has 0 spiro atoms. The lowest BCUT2D eigenvalue weighted by atomic mass is 10.1. The molecular formula is C20H22N4OS. The number of hydrogen-bond donors (Lipinski definition) is 1. The summed E-state index contributed by atoms with van der Waals surface area (Å²) in [5.41, 5.74) is 3.00. The van der Waals surface area contributed by atoms with Gasteiger partial charge in [-0.25, -0.2) is 0 Å². The van der Waals surface area contributed by atoms with Crippen LogP contribution >= 0.6 is 11.8 Å². The maximum absolute atomic E-state index is 12.6. The number of carbonyl (C=O) groups excluding carboxylic acids is 1. The fourth-order valence-electron chi connectivity index (χ4n) is 2.67. The molecule has 5 nitrogen and oxygen atoms in total. The minimum Gasteiger partial charge on any atom is -0.325 e. The molecule has 3 aromatic rings. The smallest absolute Gasteiger partial charge is 0.237 e. The van der Waals surface area contributed by atoms with Crippen molar-refractivity contribution in [2.24, 2.45) is 7.05 Å². The van der Waals surface area contributed by atoms with E-state index in [4.69, 9.17) is 0 Å². The molecule has 0 aliphatic heterocycles. The number of aromatic nitrogens is 3. The van der Waals surface area contributed by atoms with Gasteiger partial charge >= 0.3 is 0 Å². The molecule has 1 atom stereocenters. The molecule has 1 heterocycles. The zero-order chi connectivity index (χ0) is 18.5. The second-order valence-corrected chi connectivity index (χ2v) is 7.22. The second kappa shape index (κ2) is 8.19. The van der Waals surface area contributed by atoms with Gasteiger partial charge in [-0.05, 0) is 31.0 Å². The van der Waals surface area contributed by atoms with Crippen LogP contribution in [0.3, 0.4) is 0 Å². The monoisotopic (exact) mass is 366 g/mol. The van der Waals surface area contributed by atoms with Crippen LogP contribution in [0.25, 0.3) is 11.4 Å². The van der Waals surface area contributed by atoms with Crippen molar-refractivity contribution in [3.8, 4) is 11.4 Å². The van der Waals surface area contributed by atoms with Crippen LogP contribution in [0.15, 0.2) is 59.8 Å². The maximum atomic E-state index is 12.6. The molecule has 134 valence electrons. The van der Waals surface area contributed by atoms with Gasteiger partial charge in [-0.2, -0.15) is 0 Å². The van der Waals surface area contributed by atoms with Crippen LogP contribution in [0, 0.1) is 6.92 Å². The molecule has 0 fully saturated rings. The van der Waals surface area contributed by atoms with Crippen LogP contribution < -0.4 is 5.32 Å². The van der Waals surface area contributed by atoms with Gasteiger partial charge in [0.1, 0.15) is 0 Å². The van der Waals surface area contributed by atoms with Crippen molar-refractivity contribution in [2.75, 3.05) is 5.32 Å². The number of amides is 1. The summed E-state index contributed by atoms with van der Waals surface area (Å²) in [4.78, 5) is 12.6. The van der Waals surface area contributed by atoms with Crippen molar-refractivity contribution in [2.45, 2.75) is 30.7 Å². The van der Waals surface area contributed by atoms with Gasteiger partial charge in [0.25, 0.3) is 0 Å². The van der Waals surface area contributed by atoms with Crippen molar-refractivity contribution in [1.82, 2.24) is 14.8 Å². The average molecular weight is 366 g/mol. The molecule has 0 radical (unpaired) electrons. The molecule has 1 aromatic heterocycles. The van der Waals surface area contributed by atoms with Crippen LogP contribution in [0.1, 0.15) is 18.9 Å². The number of rotatable bonds is 6. The maximum Gasteiger partial charge on any atom is 0.237 e. The number of para-hydroxylation sites is 1. The third-order valence-corrected chi connectivity index (χ3v) is 5.57. The van der Waals surface area contributed by atoms with Gasteiger partial charge in [0.15, 0.2) is 11.0 Å². The summed E-state index contributed by atoms with van der Waals surface area (Å²) < 4.78 is 1.95. The topological polar surface area (TPSA) is 59.8 Å². The molecule has 0 aliphatic carbocycles. The van der Waals surface area contributed by atoms with Gasteiger partial charge in [0, 0.05) is 18.3 Å². The number of nitrogens with zero attached hydrogens (tertiary/aromatic N) is 3. The molecule has 0 saturated carbocycles.